The van der Waals surface area contributed by atoms with Gasteiger partial charge in [0.15, 0.2) is 0 Å². The second-order valence-electron chi connectivity index (χ2n) is 4.61. The Labute approximate surface area is 131 Å². The number of hydrogen-bond donors (Lipinski definition) is 0. The van der Waals surface area contributed by atoms with Crippen molar-refractivity contribution in [3.8, 4) is 0 Å². The van der Waals surface area contributed by atoms with Crippen molar-refractivity contribution < 1.29 is 8.42 Å². The molecule has 5 heteroatoms. The maximum atomic E-state index is 12.7. The first-order chi connectivity index (χ1) is 9.50. The Bertz CT molecular complexity index is 883. The topological polar surface area (TPSA) is 39.1 Å². The fraction of sp³-hybridized carbons (Fsp3) is 0.0667. The van der Waals surface area contributed by atoms with Gasteiger partial charge in [-0.25, -0.2) is 12.4 Å². The molecule has 0 unspecified atom stereocenters. The van der Waals surface area contributed by atoms with Crippen molar-refractivity contribution in [3.05, 3.63) is 63.9 Å². The Hall–Kier alpha value is -1.34. The van der Waals surface area contributed by atoms with Gasteiger partial charge in [-0.1, -0.05) is 30.3 Å². The van der Waals surface area contributed by atoms with Crippen molar-refractivity contribution in [3.63, 3.8) is 0 Å². The van der Waals surface area contributed by atoms with Crippen LogP contribution in [0.4, 0.5) is 0 Å². The van der Waals surface area contributed by atoms with Gasteiger partial charge in [0.2, 0.25) is 0 Å². The molecular weight excluding hydrogens is 385 g/mol. The zero-order valence-corrected chi connectivity index (χ0v) is 13.7. The Kier molecular flexibility index (Phi) is 3.33. The van der Waals surface area contributed by atoms with E-state index >= 15 is 0 Å². The molecular formula is C15H12INO2S. The third-order valence-corrected chi connectivity index (χ3v) is 5.73. The van der Waals surface area contributed by atoms with Gasteiger partial charge in [-0.15, -0.1) is 0 Å². The van der Waals surface area contributed by atoms with Crippen LogP contribution in [-0.2, 0) is 10.0 Å². The highest BCUT2D eigenvalue weighted by atomic mass is 127. The Morgan fingerprint density at radius 1 is 1.05 bits per heavy atom. The fourth-order valence-corrected chi connectivity index (χ4v) is 4.48. The van der Waals surface area contributed by atoms with Crippen molar-refractivity contribution in [1.29, 1.82) is 0 Å². The molecule has 0 aliphatic rings. The molecule has 0 N–H and O–H groups in total. The predicted molar refractivity (Wildman–Crippen MR) is 88.4 cm³/mol. The molecule has 0 aliphatic heterocycles. The normalized spacial score (nSPS) is 11.9. The lowest BCUT2D eigenvalue weighted by Crippen LogP contribution is -2.11. The lowest BCUT2D eigenvalue weighted by molar-refractivity contribution is 0.589. The summed E-state index contributed by atoms with van der Waals surface area (Å²) in [7, 11) is -3.55. The first kappa shape index (κ1) is 13.6. The van der Waals surface area contributed by atoms with E-state index in [9.17, 15) is 8.42 Å². The van der Waals surface area contributed by atoms with Crippen LogP contribution in [0, 0.1) is 10.5 Å². The smallest absolute Gasteiger partial charge is 0.240 e. The molecule has 102 valence electrons. The maximum absolute atomic E-state index is 12.7. The minimum Gasteiger partial charge on any atom is -0.240 e. The summed E-state index contributed by atoms with van der Waals surface area (Å²) in [6, 6.07) is 14.4. The van der Waals surface area contributed by atoms with Crippen molar-refractivity contribution in [2.75, 3.05) is 0 Å². The molecule has 0 radical (unpaired) electrons. The van der Waals surface area contributed by atoms with Gasteiger partial charge in [0.05, 0.1) is 10.4 Å². The predicted octanol–water partition coefficient (Wildman–Crippen LogP) is 3.79. The molecule has 0 bridgehead atoms. The van der Waals surface area contributed by atoms with E-state index in [-0.39, 0.29) is 0 Å². The summed E-state index contributed by atoms with van der Waals surface area (Å²) < 4.78 is 27.8. The van der Waals surface area contributed by atoms with E-state index in [4.69, 9.17) is 0 Å². The van der Waals surface area contributed by atoms with Crippen LogP contribution in [0.5, 0.6) is 0 Å². The molecule has 0 spiro atoms. The average molecular weight is 397 g/mol. The number of halogens is 1. The zero-order chi connectivity index (χ0) is 14.3. The van der Waals surface area contributed by atoms with E-state index in [0.717, 1.165) is 20.0 Å². The van der Waals surface area contributed by atoms with Gasteiger partial charge in [0.1, 0.15) is 0 Å². The highest BCUT2D eigenvalue weighted by Gasteiger charge is 2.20. The summed E-state index contributed by atoms with van der Waals surface area (Å²) in [5.41, 5.74) is 1.76. The fourth-order valence-electron chi connectivity index (χ4n) is 2.17. The summed E-state index contributed by atoms with van der Waals surface area (Å²) in [6.07, 6.45) is 1.67. The summed E-state index contributed by atoms with van der Waals surface area (Å²) in [5.74, 6) is 0. The van der Waals surface area contributed by atoms with Crippen molar-refractivity contribution in [1.82, 2.24) is 3.97 Å². The SMILES string of the molecule is Cc1ccc2c(I)cn(S(=O)(=O)c3ccccc3)c2c1. The molecule has 3 aromatic rings. The van der Waals surface area contributed by atoms with E-state index < -0.39 is 10.0 Å². The van der Waals surface area contributed by atoms with Crippen LogP contribution < -0.4 is 0 Å². The largest absolute Gasteiger partial charge is 0.268 e. The van der Waals surface area contributed by atoms with Gasteiger partial charge in [0.25, 0.3) is 10.0 Å². The van der Waals surface area contributed by atoms with Gasteiger partial charge in [-0.3, -0.25) is 0 Å². The maximum Gasteiger partial charge on any atom is 0.268 e. The molecule has 0 amide bonds. The Morgan fingerprint density at radius 3 is 2.45 bits per heavy atom. The first-order valence-electron chi connectivity index (χ1n) is 6.08. The van der Waals surface area contributed by atoms with E-state index in [2.05, 4.69) is 22.6 Å². The van der Waals surface area contributed by atoms with E-state index in [1.807, 2.05) is 25.1 Å². The standard InChI is InChI=1S/C15H12INO2S/c1-11-7-8-13-14(16)10-17(15(13)9-11)20(18,19)12-5-3-2-4-6-12/h2-10H,1H3. The third kappa shape index (κ3) is 2.14. The van der Waals surface area contributed by atoms with Gasteiger partial charge in [-0.2, -0.15) is 0 Å². The van der Waals surface area contributed by atoms with Crippen LogP contribution in [0.3, 0.4) is 0 Å². The summed E-state index contributed by atoms with van der Waals surface area (Å²) in [4.78, 5) is 0.301. The van der Waals surface area contributed by atoms with Crippen LogP contribution >= 0.6 is 22.6 Å². The molecule has 3 rings (SSSR count). The van der Waals surface area contributed by atoms with Crippen molar-refractivity contribution in [2.24, 2.45) is 0 Å². The average Bonchev–Trinajstić information content (AvgIpc) is 2.77. The zero-order valence-electron chi connectivity index (χ0n) is 10.7. The number of hydrogen-bond acceptors (Lipinski definition) is 2. The highest BCUT2D eigenvalue weighted by molar-refractivity contribution is 14.1. The quantitative estimate of drug-likeness (QED) is 0.618. The lowest BCUT2D eigenvalue weighted by atomic mass is 10.2. The summed E-state index contributed by atoms with van der Waals surface area (Å²) in [5, 5.41) is 0.954. The van der Waals surface area contributed by atoms with Crippen molar-refractivity contribution in [2.45, 2.75) is 11.8 Å². The Morgan fingerprint density at radius 2 is 1.75 bits per heavy atom. The Balaban J connectivity index is 2.33. The molecule has 0 saturated heterocycles. The lowest BCUT2D eigenvalue weighted by Gasteiger charge is -2.07. The minimum absolute atomic E-state index is 0.301. The number of rotatable bonds is 2. The number of aromatic nitrogens is 1. The van der Waals surface area contributed by atoms with Crippen LogP contribution in [0.1, 0.15) is 5.56 Å². The molecule has 3 nitrogen and oxygen atoms in total. The highest BCUT2D eigenvalue weighted by Crippen LogP contribution is 2.27. The monoisotopic (exact) mass is 397 g/mol. The summed E-state index contributed by atoms with van der Waals surface area (Å²) >= 11 is 2.16. The van der Waals surface area contributed by atoms with Crippen LogP contribution in [0.25, 0.3) is 10.9 Å². The van der Waals surface area contributed by atoms with E-state index in [1.54, 1.807) is 36.5 Å². The minimum atomic E-state index is -3.55. The van der Waals surface area contributed by atoms with Gasteiger partial charge in [-0.05, 0) is 53.3 Å². The molecule has 0 fully saturated rings. The number of nitrogens with zero attached hydrogens (tertiary/aromatic N) is 1. The first-order valence-corrected chi connectivity index (χ1v) is 8.60. The summed E-state index contributed by atoms with van der Waals surface area (Å²) in [6.45, 7) is 1.96. The van der Waals surface area contributed by atoms with Crippen LogP contribution in [0.2, 0.25) is 0 Å². The molecule has 0 atom stereocenters. The number of aryl methyl sites for hydroxylation is 1. The third-order valence-electron chi connectivity index (χ3n) is 3.18. The van der Waals surface area contributed by atoms with Crippen LogP contribution in [-0.4, -0.2) is 12.4 Å². The van der Waals surface area contributed by atoms with Gasteiger partial charge >= 0.3 is 0 Å². The molecule has 0 aliphatic carbocycles. The molecule has 1 heterocycles. The molecule has 20 heavy (non-hydrogen) atoms. The molecule has 1 aromatic heterocycles. The van der Waals surface area contributed by atoms with Crippen LogP contribution in [0.15, 0.2) is 59.6 Å². The van der Waals surface area contributed by atoms with E-state index in [0.29, 0.717) is 4.90 Å². The van der Waals surface area contributed by atoms with Crippen molar-refractivity contribution >= 4 is 43.5 Å². The molecule has 2 aromatic carbocycles. The second-order valence-corrected chi connectivity index (χ2v) is 7.59. The van der Waals surface area contributed by atoms with Gasteiger partial charge in [0, 0.05) is 15.2 Å². The number of fused-ring (bicyclic) bond motifs is 1. The van der Waals surface area contributed by atoms with Gasteiger partial charge < -0.3 is 0 Å². The number of benzene rings is 2. The van der Waals surface area contributed by atoms with E-state index in [1.165, 1.54) is 3.97 Å². The molecule has 0 saturated carbocycles. The second kappa shape index (κ2) is 4.89.